The van der Waals surface area contributed by atoms with Crippen LogP contribution in [0.2, 0.25) is 0 Å². The first-order chi connectivity index (χ1) is 9.19. The van der Waals surface area contributed by atoms with Gasteiger partial charge in [0.1, 0.15) is 10.8 Å². The quantitative estimate of drug-likeness (QED) is 0.842. The summed E-state index contributed by atoms with van der Waals surface area (Å²) >= 11 is 1.57. The van der Waals surface area contributed by atoms with Crippen LogP contribution in [0.25, 0.3) is 0 Å². The third-order valence-electron chi connectivity index (χ3n) is 2.66. The molecule has 2 aromatic rings. The lowest BCUT2D eigenvalue weighted by Crippen LogP contribution is -2.24. The number of nitrogens with zero attached hydrogens (tertiary/aromatic N) is 5. The van der Waals surface area contributed by atoms with Crippen molar-refractivity contribution >= 4 is 17.2 Å². The van der Waals surface area contributed by atoms with Crippen LogP contribution in [0, 0.1) is 6.92 Å². The highest BCUT2D eigenvalue weighted by atomic mass is 32.1. The van der Waals surface area contributed by atoms with Crippen molar-refractivity contribution in [3.63, 3.8) is 0 Å². The molecule has 2 rings (SSSR count). The number of hydrogen-bond donors (Lipinski definition) is 1. The van der Waals surface area contributed by atoms with E-state index in [1.54, 1.807) is 22.9 Å². The predicted octanol–water partition coefficient (Wildman–Crippen LogP) is 0.707. The van der Waals surface area contributed by atoms with Gasteiger partial charge in [0.15, 0.2) is 0 Å². The summed E-state index contributed by atoms with van der Waals surface area (Å²) in [6.07, 6.45) is 1.28. The van der Waals surface area contributed by atoms with Gasteiger partial charge in [0, 0.05) is 11.8 Å². The van der Waals surface area contributed by atoms with Gasteiger partial charge in [-0.2, -0.15) is 0 Å². The second-order valence-corrected chi connectivity index (χ2v) is 5.00. The summed E-state index contributed by atoms with van der Waals surface area (Å²) in [5, 5.41) is 16.9. The van der Waals surface area contributed by atoms with E-state index < -0.39 is 0 Å². The fourth-order valence-electron chi connectivity index (χ4n) is 1.52. The first kappa shape index (κ1) is 13.6. The number of carbonyl (C=O) groups excluding carboxylic acids is 1. The number of hydrogen-bond acceptors (Lipinski definition) is 6. The van der Waals surface area contributed by atoms with E-state index in [1.165, 1.54) is 0 Å². The molecule has 19 heavy (non-hydrogen) atoms. The number of carbonyl (C=O) groups is 1. The maximum absolute atomic E-state index is 11.7. The Morgan fingerprint density at radius 2 is 2.37 bits per heavy atom. The Bertz CT molecular complexity index is 549. The van der Waals surface area contributed by atoms with Gasteiger partial charge in [0.25, 0.3) is 0 Å². The SMILES string of the molecule is CCc1csc(CNC(=O)CCn2nnnc2C)n1. The van der Waals surface area contributed by atoms with Crippen LogP contribution < -0.4 is 5.32 Å². The van der Waals surface area contributed by atoms with Gasteiger partial charge in [-0.25, -0.2) is 9.67 Å². The predicted molar refractivity (Wildman–Crippen MR) is 70.5 cm³/mol. The highest BCUT2D eigenvalue weighted by molar-refractivity contribution is 7.09. The molecule has 8 heteroatoms. The van der Waals surface area contributed by atoms with E-state index in [9.17, 15) is 4.79 Å². The van der Waals surface area contributed by atoms with Crippen molar-refractivity contribution in [1.82, 2.24) is 30.5 Å². The molecular weight excluding hydrogens is 264 g/mol. The van der Waals surface area contributed by atoms with E-state index in [2.05, 4.69) is 32.7 Å². The van der Waals surface area contributed by atoms with Gasteiger partial charge in [0.2, 0.25) is 5.91 Å². The first-order valence-electron chi connectivity index (χ1n) is 6.11. The normalized spacial score (nSPS) is 10.6. The summed E-state index contributed by atoms with van der Waals surface area (Å²) in [5.41, 5.74) is 1.07. The summed E-state index contributed by atoms with van der Waals surface area (Å²) in [5.74, 6) is 0.684. The average molecular weight is 280 g/mol. The minimum absolute atomic E-state index is 0.0249. The van der Waals surface area contributed by atoms with Crippen molar-refractivity contribution in [3.05, 3.63) is 21.9 Å². The fraction of sp³-hybridized carbons (Fsp3) is 0.545. The molecule has 0 radical (unpaired) electrons. The molecule has 0 aromatic carbocycles. The molecule has 0 aliphatic rings. The molecule has 7 nitrogen and oxygen atoms in total. The molecule has 0 aliphatic carbocycles. The van der Waals surface area contributed by atoms with Crippen molar-refractivity contribution in [2.75, 3.05) is 0 Å². The molecule has 0 aliphatic heterocycles. The van der Waals surface area contributed by atoms with Gasteiger partial charge < -0.3 is 5.32 Å². The van der Waals surface area contributed by atoms with Crippen molar-refractivity contribution in [2.45, 2.75) is 39.8 Å². The van der Waals surface area contributed by atoms with Crippen LogP contribution in [0.3, 0.4) is 0 Å². The summed E-state index contributed by atoms with van der Waals surface area (Å²) in [7, 11) is 0. The second-order valence-electron chi connectivity index (χ2n) is 4.06. The van der Waals surface area contributed by atoms with E-state index in [-0.39, 0.29) is 5.91 Å². The van der Waals surface area contributed by atoms with E-state index in [1.807, 2.05) is 5.38 Å². The molecular formula is C11H16N6OS. The van der Waals surface area contributed by atoms with Crippen molar-refractivity contribution < 1.29 is 4.79 Å². The molecule has 0 saturated carbocycles. The number of aryl methyl sites for hydroxylation is 3. The minimum atomic E-state index is -0.0249. The maximum Gasteiger partial charge on any atom is 0.222 e. The molecule has 1 N–H and O–H groups in total. The molecule has 2 heterocycles. The lowest BCUT2D eigenvalue weighted by molar-refractivity contribution is -0.121. The van der Waals surface area contributed by atoms with Gasteiger partial charge in [-0.1, -0.05) is 6.92 Å². The van der Waals surface area contributed by atoms with Crippen LogP contribution in [0.5, 0.6) is 0 Å². The fourth-order valence-corrected chi connectivity index (χ4v) is 2.34. The Morgan fingerprint density at radius 3 is 3.00 bits per heavy atom. The summed E-state index contributed by atoms with van der Waals surface area (Å²) in [6.45, 7) is 4.84. The minimum Gasteiger partial charge on any atom is -0.350 e. The molecule has 0 unspecified atom stereocenters. The Kier molecular flexibility index (Phi) is 4.56. The summed E-state index contributed by atoms with van der Waals surface area (Å²) < 4.78 is 1.61. The smallest absolute Gasteiger partial charge is 0.222 e. The lowest BCUT2D eigenvalue weighted by Gasteiger charge is -2.03. The largest absolute Gasteiger partial charge is 0.350 e. The summed E-state index contributed by atoms with van der Waals surface area (Å²) in [4.78, 5) is 16.1. The van der Waals surface area contributed by atoms with Gasteiger partial charge >= 0.3 is 0 Å². The van der Waals surface area contributed by atoms with E-state index in [0.29, 0.717) is 25.3 Å². The van der Waals surface area contributed by atoms with Crippen LogP contribution in [0.15, 0.2) is 5.38 Å². The third-order valence-corrected chi connectivity index (χ3v) is 3.56. The highest BCUT2D eigenvalue weighted by Crippen LogP contribution is 2.09. The molecule has 0 spiro atoms. The Hall–Kier alpha value is -1.83. The first-order valence-corrected chi connectivity index (χ1v) is 6.99. The Morgan fingerprint density at radius 1 is 1.53 bits per heavy atom. The number of nitrogens with one attached hydrogen (secondary N) is 1. The zero-order chi connectivity index (χ0) is 13.7. The summed E-state index contributed by atoms with van der Waals surface area (Å²) in [6, 6.07) is 0. The molecule has 0 saturated heterocycles. The number of amides is 1. The number of aromatic nitrogens is 5. The molecule has 0 atom stereocenters. The van der Waals surface area contributed by atoms with E-state index >= 15 is 0 Å². The van der Waals surface area contributed by atoms with Gasteiger partial charge in [-0.15, -0.1) is 16.4 Å². The van der Waals surface area contributed by atoms with Gasteiger partial charge in [0.05, 0.1) is 18.8 Å². The van der Waals surface area contributed by atoms with Crippen molar-refractivity contribution in [3.8, 4) is 0 Å². The topological polar surface area (TPSA) is 85.6 Å². The standard InChI is InChI=1S/C11H16N6OS/c1-3-9-7-19-11(13-9)6-12-10(18)4-5-17-8(2)14-15-16-17/h7H,3-6H2,1-2H3,(H,12,18). The van der Waals surface area contributed by atoms with Crippen LogP contribution in [0.1, 0.15) is 29.9 Å². The monoisotopic (exact) mass is 280 g/mol. The zero-order valence-corrected chi connectivity index (χ0v) is 11.8. The van der Waals surface area contributed by atoms with Crippen LogP contribution in [-0.2, 0) is 24.3 Å². The van der Waals surface area contributed by atoms with Crippen LogP contribution in [-0.4, -0.2) is 31.1 Å². The zero-order valence-electron chi connectivity index (χ0n) is 11.0. The third kappa shape index (κ3) is 3.82. The highest BCUT2D eigenvalue weighted by Gasteiger charge is 2.06. The maximum atomic E-state index is 11.7. The number of thiazole rings is 1. The van der Waals surface area contributed by atoms with Crippen LogP contribution in [0.4, 0.5) is 0 Å². The molecule has 102 valence electrons. The van der Waals surface area contributed by atoms with E-state index in [0.717, 1.165) is 17.1 Å². The average Bonchev–Trinajstić information content (AvgIpc) is 3.02. The molecule has 0 bridgehead atoms. The number of tetrazole rings is 1. The second kappa shape index (κ2) is 6.37. The number of rotatable bonds is 6. The van der Waals surface area contributed by atoms with Crippen molar-refractivity contribution in [1.29, 1.82) is 0 Å². The lowest BCUT2D eigenvalue weighted by atomic mass is 10.4. The molecule has 1 amide bonds. The van der Waals surface area contributed by atoms with Gasteiger partial charge in [-0.3, -0.25) is 4.79 Å². The molecule has 0 fully saturated rings. The van der Waals surface area contributed by atoms with Crippen molar-refractivity contribution in [2.24, 2.45) is 0 Å². The molecule has 2 aromatic heterocycles. The Balaban J connectivity index is 1.74. The van der Waals surface area contributed by atoms with Gasteiger partial charge in [-0.05, 0) is 23.8 Å². The van der Waals surface area contributed by atoms with E-state index in [4.69, 9.17) is 0 Å². The Labute approximate surface area is 115 Å². The van der Waals surface area contributed by atoms with Crippen LogP contribution >= 0.6 is 11.3 Å².